The summed E-state index contributed by atoms with van der Waals surface area (Å²) in [7, 11) is 9.18. The average molecular weight is 282 g/mol. The second-order valence-corrected chi connectivity index (χ2v) is 9.06. The Bertz CT molecular complexity index is 286. The van der Waals surface area contributed by atoms with Crippen molar-refractivity contribution in [2.45, 2.75) is 35.0 Å². The summed E-state index contributed by atoms with van der Waals surface area (Å²) in [6.45, 7) is 1.53. The van der Waals surface area contributed by atoms with Crippen LogP contribution in [0.15, 0.2) is 0 Å². The molecule has 3 rings (SSSR count). The van der Waals surface area contributed by atoms with E-state index in [1.807, 2.05) is 0 Å². The molecule has 100 valence electrons. The summed E-state index contributed by atoms with van der Waals surface area (Å²) in [6.07, 6.45) is 2.87. The van der Waals surface area contributed by atoms with Crippen molar-refractivity contribution in [1.29, 1.82) is 0 Å². The molecule has 3 saturated heterocycles. The van der Waals surface area contributed by atoms with Crippen LogP contribution in [-0.2, 0) is 0 Å². The fourth-order valence-corrected chi connectivity index (χ4v) is 8.25. The van der Waals surface area contributed by atoms with E-state index in [0.717, 1.165) is 35.6 Å². The zero-order chi connectivity index (χ0) is 12.9. The standard InChI is InChI=1S/C12H24B2N2S2/c1-15(2)13-9-5-7-17-11(9)12-10(6-8-18-12)14(13)16(3)4/h9-12H,5-8H2,1-4H3/t9-,10+,11+,12-. The molecule has 3 aliphatic heterocycles. The highest BCUT2D eigenvalue weighted by atomic mass is 32.2. The molecule has 0 radical (unpaired) electrons. The van der Waals surface area contributed by atoms with Crippen LogP contribution in [-0.4, -0.2) is 73.3 Å². The number of thioether (sulfide) groups is 2. The lowest BCUT2D eigenvalue weighted by molar-refractivity contribution is 0.542. The van der Waals surface area contributed by atoms with E-state index in [1.54, 1.807) is 0 Å². The largest absolute Gasteiger partial charge is 0.352 e. The van der Waals surface area contributed by atoms with Crippen molar-refractivity contribution in [3.05, 3.63) is 0 Å². The molecule has 6 heteroatoms. The Morgan fingerprint density at radius 2 is 1.17 bits per heavy atom. The zero-order valence-electron chi connectivity index (χ0n) is 12.0. The van der Waals surface area contributed by atoms with Gasteiger partial charge >= 0.3 is 0 Å². The molecule has 18 heavy (non-hydrogen) atoms. The summed E-state index contributed by atoms with van der Waals surface area (Å²) >= 11 is 4.54. The van der Waals surface area contributed by atoms with Crippen LogP contribution in [0.1, 0.15) is 12.8 Å². The Hall–Kier alpha value is 0.750. The van der Waals surface area contributed by atoms with Gasteiger partial charge in [0.2, 0.25) is 13.5 Å². The third-order valence-corrected chi connectivity index (χ3v) is 8.28. The van der Waals surface area contributed by atoms with Crippen LogP contribution >= 0.6 is 23.5 Å². The first-order valence-electron chi connectivity index (χ1n) is 7.17. The van der Waals surface area contributed by atoms with Gasteiger partial charge in [0, 0.05) is 10.5 Å². The van der Waals surface area contributed by atoms with Crippen LogP contribution in [0.25, 0.3) is 0 Å². The van der Waals surface area contributed by atoms with Crippen LogP contribution in [0.5, 0.6) is 0 Å². The Labute approximate surface area is 121 Å². The summed E-state index contributed by atoms with van der Waals surface area (Å²) in [5.41, 5.74) is 0. The Morgan fingerprint density at radius 3 is 1.50 bits per heavy atom. The first-order chi connectivity index (χ1) is 8.61. The van der Waals surface area contributed by atoms with Crippen LogP contribution < -0.4 is 0 Å². The van der Waals surface area contributed by atoms with Gasteiger partial charge in [-0.15, -0.1) is 0 Å². The first-order valence-corrected chi connectivity index (χ1v) is 9.27. The lowest BCUT2D eigenvalue weighted by Crippen LogP contribution is -2.65. The zero-order valence-corrected chi connectivity index (χ0v) is 13.6. The van der Waals surface area contributed by atoms with Gasteiger partial charge in [0.15, 0.2) is 0 Å². The van der Waals surface area contributed by atoms with Crippen LogP contribution in [0.2, 0.25) is 11.6 Å². The van der Waals surface area contributed by atoms with E-state index in [2.05, 4.69) is 61.3 Å². The molecule has 0 aromatic rings. The van der Waals surface area contributed by atoms with Gasteiger partial charge in [-0.25, -0.2) is 0 Å². The predicted octanol–water partition coefficient (Wildman–Crippen LogP) is 1.94. The van der Waals surface area contributed by atoms with E-state index in [-0.39, 0.29) is 0 Å². The lowest BCUT2D eigenvalue weighted by atomic mass is 9.08. The van der Waals surface area contributed by atoms with E-state index in [9.17, 15) is 0 Å². The maximum Gasteiger partial charge on any atom is 0.212 e. The van der Waals surface area contributed by atoms with E-state index in [4.69, 9.17) is 0 Å². The molecule has 3 aliphatic rings. The third-order valence-electron chi connectivity index (χ3n) is 5.11. The summed E-state index contributed by atoms with van der Waals surface area (Å²) < 4.78 is 0. The first kappa shape index (κ1) is 13.7. The summed E-state index contributed by atoms with van der Waals surface area (Å²) in [5, 5.41) is 1.87. The molecule has 0 aromatic carbocycles. The van der Waals surface area contributed by atoms with Crippen molar-refractivity contribution in [2.24, 2.45) is 0 Å². The molecule has 0 bridgehead atoms. The van der Waals surface area contributed by atoms with Crippen LogP contribution in [0.3, 0.4) is 0 Å². The summed E-state index contributed by atoms with van der Waals surface area (Å²) in [4.78, 5) is 5.04. The fourth-order valence-electron chi connectivity index (χ4n) is 4.55. The molecule has 4 atom stereocenters. The maximum absolute atomic E-state index is 2.52. The van der Waals surface area contributed by atoms with Gasteiger partial charge in [0.25, 0.3) is 0 Å². The van der Waals surface area contributed by atoms with E-state index >= 15 is 0 Å². The molecule has 3 heterocycles. The van der Waals surface area contributed by atoms with Crippen molar-refractivity contribution in [3.63, 3.8) is 0 Å². The van der Waals surface area contributed by atoms with Crippen LogP contribution in [0, 0.1) is 0 Å². The maximum atomic E-state index is 2.52. The van der Waals surface area contributed by atoms with Crippen molar-refractivity contribution in [1.82, 2.24) is 9.62 Å². The topological polar surface area (TPSA) is 6.48 Å². The molecule has 0 unspecified atom stereocenters. The minimum atomic E-state index is 0.764. The minimum absolute atomic E-state index is 0.764. The van der Waals surface area contributed by atoms with E-state index in [0.29, 0.717) is 0 Å². The summed E-state index contributed by atoms with van der Waals surface area (Å²) in [5.74, 6) is 4.63. The number of rotatable bonds is 2. The van der Waals surface area contributed by atoms with Crippen molar-refractivity contribution in [2.75, 3.05) is 39.7 Å². The Kier molecular flexibility index (Phi) is 4.01. The smallest absolute Gasteiger partial charge is 0.212 e. The van der Waals surface area contributed by atoms with Crippen molar-refractivity contribution < 1.29 is 0 Å². The molecule has 2 nitrogen and oxygen atoms in total. The molecule has 0 amide bonds. The molecule has 0 aliphatic carbocycles. The second-order valence-electron chi connectivity index (χ2n) is 6.48. The highest BCUT2D eigenvalue weighted by Crippen LogP contribution is 2.57. The molecule has 0 saturated carbocycles. The average Bonchev–Trinajstić information content (AvgIpc) is 2.93. The lowest BCUT2D eigenvalue weighted by Gasteiger charge is -2.47. The number of fused-ring (bicyclic) bond motifs is 3. The molecule has 0 N–H and O–H groups in total. The van der Waals surface area contributed by atoms with Gasteiger partial charge in [-0.3, -0.25) is 0 Å². The van der Waals surface area contributed by atoms with Gasteiger partial charge in [-0.05, 0) is 64.2 Å². The predicted molar refractivity (Wildman–Crippen MR) is 88.1 cm³/mol. The van der Waals surface area contributed by atoms with Gasteiger partial charge in [0.1, 0.15) is 0 Å². The third kappa shape index (κ3) is 2.07. The SMILES string of the molecule is CN(C)B1B(N(C)C)[C@@H]2CCS[C@@H]2[C@@H]2SCC[C@H]12. The van der Waals surface area contributed by atoms with Gasteiger partial charge < -0.3 is 9.62 Å². The van der Waals surface area contributed by atoms with Crippen molar-refractivity contribution in [3.8, 4) is 0 Å². The molecule has 0 aromatic heterocycles. The number of nitrogens with zero attached hydrogens (tertiary/aromatic N) is 2. The normalized spacial score (nSPS) is 39.7. The van der Waals surface area contributed by atoms with Crippen molar-refractivity contribution >= 4 is 37.0 Å². The second kappa shape index (κ2) is 5.27. The number of hydrogen-bond donors (Lipinski definition) is 0. The number of hydrogen-bond acceptors (Lipinski definition) is 4. The summed E-state index contributed by atoms with van der Waals surface area (Å²) in [6, 6.07) is 0. The molecule has 0 spiro atoms. The Balaban J connectivity index is 1.94. The molecular formula is C12H24B2N2S2. The minimum Gasteiger partial charge on any atom is -0.352 e. The highest BCUT2D eigenvalue weighted by molar-refractivity contribution is 8.04. The molecular weight excluding hydrogens is 258 g/mol. The Morgan fingerprint density at radius 1 is 0.778 bits per heavy atom. The van der Waals surface area contributed by atoms with Gasteiger partial charge in [-0.1, -0.05) is 0 Å². The van der Waals surface area contributed by atoms with Gasteiger partial charge in [-0.2, -0.15) is 23.5 Å². The fraction of sp³-hybridized carbons (Fsp3) is 1.00. The molecule has 3 fully saturated rings. The quantitative estimate of drug-likeness (QED) is 0.714. The highest BCUT2D eigenvalue weighted by Gasteiger charge is 2.58. The monoisotopic (exact) mass is 282 g/mol. The van der Waals surface area contributed by atoms with Gasteiger partial charge in [0.05, 0.1) is 0 Å². The van der Waals surface area contributed by atoms with Crippen LogP contribution in [0.4, 0.5) is 0 Å². The van der Waals surface area contributed by atoms with E-state index < -0.39 is 0 Å². The van der Waals surface area contributed by atoms with E-state index in [1.165, 1.54) is 24.3 Å².